The molecule has 0 saturated heterocycles. The number of ether oxygens (including phenoxy) is 1. The molecular formula is C15H11N5O2S. The Morgan fingerprint density at radius 2 is 2.00 bits per heavy atom. The van der Waals surface area contributed by atoms with Crippen molar-refractivity contribution in [3.05, 3.63) is 52.7 Å². The van der Waals surface area contributed by atoms with E-state index in [-0.39, 0.29) is 5.56 Å². The maximum atomic E-state index is 12.0. The van der Waals surface area contributed by atoms with Crippen LogP contribution >= 0.6 is 11.3 Å². The second-order valence-electron chi connectivity index (χ2n) is 4.81. The summed E-state index contributed by atoms with van der Waals surface area (Å²) in [5.41, 5.74) is 2.05. The number of fused-ring (bicyclic) bond motifs is 2. The van der Waals surface area contributed by atoms with E-state index in [4.69, 9.17) is 4.74 Å². The van der Waals surface area contributed by atoms with Gasteiger partial charge in [0.1, 0.15) is 5.75 Å². The fourth-order valence-corrected chi connectivity index (χ4v) is 2.97. The van der Waals surface area contributed by atoms with Crippen LogP contribution in [0, 0.1) is 0 Å². The van der Waals surface area contributed by atoms with Gasteiger partial charge in [-0.25, -0.2) is 4.98 Å². The summed E-state index contributed by atoms with van der Waals surface area (Å²) in [5.74, 6) is 0.584. The van der Waals surface area contributed by atoms with Gasteiger partial charge >= 0.3 is 0 Å². The van der Waals surface area contributed by atoms with Gasteiger partial charge in [0.25, 0.3) is 10.8 Å². The van der Waals surface area contributed by atoms with Crippen LogP contribution in [0.25, 0.3) is 16.0 Å². The van der Waals surface area contributed by atoms with Crippen molar-refractivity contribution in [2.24, 2.45) is 0 Å². The van der Waals surface area contributed by atoms with Crippen molar-refractivity contribution >= 4 is 27.3 Å². The summed E-state index contributed by atoms with van der Waals surface area (Å²) >= 11 is 1.22. The lowest BCUT2D eigenvalue weighted by Crippen LogP contribution is -2.14. The molecule has 114 valence electrons. The quantitative estimate of drug-likeness (QED) is 0.575. The average Bonchev–Trinajstić information content (AvgIpc) is 2.97. The van der Waals surface area contributed by atoms with Crippen LogP contribution in [-0.2, 0) is 6.42 Å². The Labute approximate surface area is 134 Å². The zero-order valence-electron chi connectivity index (χ0n) is 12.1. The van der Waals surface area contributed by atoms with Gasteiger partial charge in [0.05, 0.1) is 11.0 Å². The van der Waals surface area contributed by atoms with Gasteiger partial charge in [-0.3, -0.25) is 14.8 Å². The molecule has 0 bridgehead atoms. The first-order valence-electron chi connectivity index (χ1n) is 7.01. The van der Waals surface area contributed by atoms with E-state index in [1.54, 1.807) is 24.5 Å². The first kappa shape index (κ1) is 13.8. The van der Waals surface area contributed by atoms with E-state index in [0.29, 0.717) is 22.3 Å². The summed E-state index contributed by atoms with van der Waals surface area (Å²) in [6.07, 6.45) is 3.96. The van der Waals surface area contributed by atoms with Gasteiger partial charge < -0.3 is 4.74 Å². The smallest absolute Gasteiger partial charge is 0.299 e. The number of benzene rings is 1. The molecule has 1 aromatic carbocycles. The molecule has 3 aromatic heterocycles. The van der Waals surface area contributed by atoms with Gasteiger partial charge in [0.15, 0.2) is 0 Å². The Bertz CT molecular complexity index is 1070. The Kier molecular flexibility index (Phi) is 3.23. The Hall–Kier alpha value is -2.87. The van der Waals surface area contributed by atoms with E-state index in [0.717, 1.165) is 16.7 Å². The fourth-order valence-electron chi connectivity index (χ4n) is 2.17. The molecule has 0 aliphatic rings. The molecule has 7 nitrogen and oxygen atoms in total. The average molecular weight is 325 g/mol. The molecular weight excluding hydrogens is 314 g/mol. The lowest BCUT2D eigenvalue weighted by atomic mass is 10.3. The third-order valence-corrected chi connectivity index (χ3v) is 4.07. The molecule has 23 heavy (non-hydrogen) atoms. The molecule has 0 N–H and O–H groups in total. The van der Waals surface area contributed by atoms with Crippen molar-refractivity contribution in [1.29, 1.82) is 0 Å². The van der Waals surface area contributed by atoms with E-state index >= 15 is 0 Å². The molecule has 0 unspecified atom stereocenters. The van der Waals surface area contributed by atoms with Gasteiger partial charge in [-0.1, -0.05) is 6.92 Å². The summed E-state index contributed by atoms with van der Waals surface area (Å²) < 4.78 is 6.99. The predicted octanol–water partition coefficient (Wildman–Crippen LogP) is 2.45. The lowest BCUT2D eigenvalue weighted by molar-refractivity contribution is 0.470. The van der Waals surface area contributed by atoms with Gasteiger partial charge in [-0.05, 0) is 29.9 Å². The van der Waals surface area contributed by atoms with Crippen molar-refractivity contribution in [3.63, 3.8) is 0 Å². The topological polar surface area (TPSA) is 82.3 Å². The number of hydrogen-bond acceptors (Lipinski definition) is 7. The highest BCUT2D eigenvalue weighted by Gasteiger charge is 2.10. The molecule has 0 radical (unpaired) electrons. The van der Waals surface area contributed by atoms with Crippen molar-refractivity contribution in [1.82, 2.24) is 24.6 Å². The van der Waals surface area contributed by atoms with Gasteiger partial charge in [-0.2, -0.15) is 4.52 Å². The van der Waals surface area contributed by atoms with Crippen LogP contribution in [0.5, 0.6) is 10.9 Å². The van der Waals surface area contributed by atoms with Crippen molar-refractivity contribution in [2.45, 2.75) is 13.3 Å². The first-order valence-corrected chi connectivity index (χ1v) is 7.83. The molecule has 0 spiro atoms. The lowest BCUT2D eigenvalue weighted by Gasteiger charge is -2.01. The summed E-state index contributed by atoms with van der Waals surface area (Å²) in [7, 11) is 0. The van der Waals surface area contributed by atoms with Gasteiger partial charge in [0, 0.05) is 30.2 Å². The molecule has 0 saturated carbocycles. The van der Waals surface area contributed by atoms with Crippen molar-refractivity contribution in [2.75, 3.05) is 0 Å². The van der Waals surface area contributed by atoms with Crippen LogP contribution in [0.15, 0.2) is 41.5 Å². The number of aryl methyl sites for hydroxylation is 1. The Morgan fingerprint density at radius 3 is 2.83 bits per heavy atom. The SMILES string of the molecule is CCc1cc(=O)n2nc(Oc3ccc4nccnc4c3)sc2n1. The molecule has 0 aliphatic carbocycles. The summed E-state index contributed by atoms with van der Waals surface area (Å²) in [6, 6.07) is 6.88. The maximum Gasteiger partial charge on any atom is 0.299 e. The van der Waals surface area contributed by atoms with Crippen LogP contribution < -0.4 is 10.3 Å². The second-order valence-corrected chi connectivity index (χ2v) is 5.73. The predicted molar refractivity (Wildman–Crippen MR) is 86.1 cm³/mol. The zero-order valence-corrected chi connectivity index (χ0v) is 12.9. The highest BCUT2D eigenvalue weighted by Crippen LogP contribution is 2.27. The molecule has 4 aromatic rings. The molecule has 3 heterocycles. The van der Waals surface area contributed by atoms with Crippen LogP contribution in [0.4, 0.5) is 0 Å². The third-order valence-electron chi connectivity index (χ3n) is 3.29. The van der Waals surface area contributed by atoms with Crippen LogP contribution in [0.3, 0.4) is 0 Å². The van der Waals surface area contributed by atoms with E-state index in [9.17, 15) is 4.79 Å². The molecule has 0 amide bonds. The monoisotopic (exact) mass is 325 g/mol. The highest BCUT2D eigenvalue weighted by molar-refractivity contribution is 7.18. The minimum atomic E-state index is -0.206. The summed E-state index contributed by atoms with van der Waals surface area (Å²) in [6.45, 7) is 1.95. The molecule has 0 fully saturated rings. The Balaban J connectivity index is 1.73. The zero-order chi connectivity index (χ0) is 15.8. The van der Waals surface area contributed by atoms with E-state index < -0.39 is 0 Å². The maximum absolute atomic E-state index is 12.0. The van der Waals surface area contributed by atoms with E-state index in [1.165, 1.54) is 21.9 Å². The number of hydrogen-bond donors (Lipinski definition) is 0. The normalized spacial score (nSPS) is 11.2. The molecule has 0 aliphatic heterocycles. The van der Waals surface area contributed by atoms with Crippen LogP contribution in [-0.4, -0.2) is 24.6 Å². The summed E-state index contributed by atoms with van der Waals surface area (Å²) in [4.78, 5) is 25.3. The molecule has 8 heteroatoms. The fraction of sp³-hybridized carbons (Fsp3) is 0.133. The van der Waals surface area contributed by atoms with Crippen LogP contribution in [0.1, 0.15) is 12.6 Å². The van der Waals surface area contributed by atoms with Crippen LogP contribution in [0.2, 0.25) is 0 Å². The first-order chi connectivity index (χ1) is 11.2. The van der Waals surface area contributed by atoms with Gasteiger partial charge in [0.2, 0.25) is 4.96 Å². The summed E-state index contributed by atoms with van der Waals surface area (Å²) in [5, 5.41) is 4.52. The minimum absolute atomic E-state index is 0.206. The second kappa shape index (κ2) is 5.40. The Morgan fingerprint density at radius 1 is 1.17 bits per heavy atom. The third kappa shape index (κ3) is 2.53. The minimum Gasteiger partial charge on any atom is -0.430 e. The van der Waals surface area contributed by atoms with Crippen molar-refractivity contribution < 1.29 is 4.74 Å². The number of aromatic nitrogens is 5. The standard InChI is InChI=1S/C15H11N5O2S/c1-2-9-7-13(21)20-14(18-9)23-15(19-20)22-10-3-4-11-12(8-10)17-6-5-16-11/h3-8H,2H2,1H3. The molecule has 0 atom stereocenters. The van der Waals surface area contributed by atoms with Gasteiger partial charge in [-0.15, -0.1) is 5.10 Å². The largest absolute Gasteiger partial charge is 0.430 e. The van der Waals surface area contributed by atoms with Crippen molar-refractivity contribution in [3.8, 4) is 10.9 Å². The van der Waals surface area contributed by atoms with E-state index in [2.05, 4.69) is 20.1 Å². The highest BCUT2D eigenvalue weighted by atomic mass is 32.1. The van der Waals surface area contributed by atoms with E-state index in [1.807, 2.05) is 13.0 Å². The molecule has 4 rings (SSSR count). The number of rotatable bonds is 3. The number of nitrogens with zero attached hydrogens (tertiary/aromatic N) is 5.